The minimum atomic E-state index is 0.115. The second kappa shape index (κ2) is 7.17. The number of nitrogens with two attached hydrogens (primary N) is 2. The Bertz CT molecular complexity index is 172. The summed E-state index contributed by atoms with van der Waals surface area (Å²) in [7, 11) is 0. The molecule has 0 unspecified atom stereocenters. The van der Waals surface area contributed by atoms with E-state index >= 15 is 0 Å². The molecular weight excluding hydrogens is 176 g/mol. The van der Waals surface area contributed by atoms with E-state index in [1.165, 1.54) is 0 Å². The molecule has 0 aromatic rings. The van der Waals surface area contributed by atoms with Crippen molar-refractivity contribution in [2.75, 3.05) is 13.2 Å². The van der Waals surface area contributed by atoms with E-state index in [0.29, 0.717) is 26.1 Å². The molecule has 0 amide bonds. The van der Waals surface area contributed by atoms with Crippen molar-refractivity contribution >= 4 is 11.7 Å². The molecule has 0 fully saturated rings. The third-order valence-corrected chi connectivity index (χ3v) is 1.26. The van der Waals surface area contributed by atoms with E-state index < -0.39 is 0 Å². The van der Waals surface area contributed by atoms with Crippen LogP contribution < -0.4 is 11.5 Å². The molecule has 0 aliphatic carbocycles. The average Bonchev–Trinajstić information content (AvgIpc) is 2.16. The minimum absolute atomic E-state index is 0.115. The van der Waals surface area contributed by atoms with Crippen LogP contribution in [0.1, 0.15) is 12.8 Å². The smallest absolute Gasteiger partial charge is 0.141 e. The van der Waals surface area contributed by atoms with E-state index in [2.05, 4.69) is 10.3 Å². The first-order valence-corrected chi connectivity index (χ1v) is 3.71. The standard InChI is InChI=1S/C6H14N4O3/c7-5(9-11)1-3-13-4-2-6(8)10-12/h11-12H,1-4H2,(H2,7,9)(H2,8,10). The molecule has 0 aromatic carbocycles. The van der Waals surface area contributed by atoms with Crippen LogP contribution in [-0.4, -0.2) is 35.3 Å². The van der Waals surface area contributed by atoms with Gasteiger partial charge in [0.25, 0.3) is 0 Å². The van der Waals surface area contributed by atoms with Gasteiger partial charge in [-0.05, 0) is 0 Å². The lowest BCUT2D eigenvalue weighted by atomic mass is 10.4. The first-order valence-electron chi connectivity index (χ1n) is 3.71. The lowest BCUT2D eigenvalue weighted by molar-refractivity contribution is 0.146. The van der Waals surface area contributed by atoms with Crippen molar-refractivity contribution in [3.63, 3.8) is 0 Å². The number of ether oxygens (including phenoxy) is 1. The molecule has 6 N–H and O–H groups in total. The minimum Gasteiger partial charge on any atom is -0.409 e. The Morgan fingerprint density at radius 3 is 1.69 bits per heavy atom. The lowest BCUT2D eigenvalue weighted by Gasteiger charge is -2.01. The highest BCUT2D eigenvalue weighted by Gasteiger charge is 1.95. The second-order valence-electron chi connectivity index (χ2n) is 2.30. The molecule has 0 aromatic heterocycles. The quantitative estimate of drug-likeness (QED) is 0.144. The first kappa shape index (κ1) is 11.5. The summed E-state index contributed by atoms with van der Waals surface area (Å²) in [5, 5.41) is 21.8. The number of nitrogens with zero attached hydrogens (tertiary/aromatic N) is 2. The molecule has 0 aliphatic heterocycles. The van der Waals surface area contributed by atoms with Crippen molar-refractivity contribution < 1.29 is 15.2 Å². The van der Waals surface area contributed by atoms with Gasteiger partial charge in [0.1, 0.15) is 11.7 Å². The molecule has 0 saturated carbocycles. The number of hydrogen-bond acceptors (Lipinski definition) is 5. The second-order valence-corrected chi connectivity index (χ2v) is 2.30. The van der Waals surface area contributed by atoms with Crippen LogP contribution in [0.2, 0.25) is 0 Å². The summed E-state index contributed by atoms with van der Waals surface area (Å²) in [6.07, 6.45) is 0.708. The third-order valence-electron chi connectivity index (χ3n) is 1.26. The van der Waals surface area contributed by atoms with Crippen LogP contribution in [0.3, 0.4) is 0 Å². The van der Waals surface area contributed by atoms with Gasteiger partial charge in [0.15, 0.2) is 0 Å². The van der Waals surface area contributed by atoms with Crippen LogP contribution >= 0.6 is 0 Å². The van der Waals surface area contributed by atoms with Crippen molar-refractivity contribution in [2.45, 2.75) is 12.8 Å². The predicted octanol–water partition coefficient (Wildman–Crippen LogP) is -0.724. The summed E-state index contributed by atoms with van der Waals surface area (Å²) in [5.74, 6) is 0.229. The van der Waals surface area contributed by atoms with Gasteiger partial charge in [0, 0.05) is 12.8 Å². The zero-order valence-electron chi connectivity index (χ0n) is 7.18. The summed E-state index contributed by atoms with van der Waals surface area (Å²) >= 11 is 0. The predicted molar refractivity (Wildman–Crippen MR) is 46.9 cm³/mol. The molecule has 0 rings (SSSR count). The number of amidine groups is 2. The molecule has 7 heteroatoms. The van der Waals surface area contributed by atoms with Gasteiger partial charge in [-0.1, -0.05) is 10.3 Å². The van der Waals surface area contributed by atoms with Crippen LogP contribution in [0, 0.1) is 0 Å². The fourth-order valence-electron chi connectivity index (χ4n) is 0.556. The molecule has 0 aliphatic rings. The van der Waals surface area contributed by atoms with Crippen molar-refractivity contribution in [3.8, 4) is 0 Å². The molecule has 0 saturated heterocycles. The monoisotopic (exact) mass is 190 g/mol. The van der Waals surface area contributed by atoms with Gasteiger partial charge in [-0.3, -0.25) is 0 Å². The molecule has 76 valence electrons. The molecule has 0 atom stereocenters. The average molecular weight is 190 g/mol. The maximum absolute atomic E-state index is 8.15. The molecule has 0 radical (unpaired) electrons. The first-order chi connectivity index (χ1) is 6.20. The summed E-state index contributed by atoms with van der Waals surface area (Å²) in [5.41, 5.74) is 10.3. The molecule has 13 heavy (non-hydrogen) atoms. The molecule has 7 nitrogen and oxygen atoms in total. The van der Waals surface area contributed by atoms with Crippen molar-refractivity contribution in [1.29, 1.82) is 0 Å². The number of oxime groups is 2. The fraction of sp³-hybridized carbons (Fsp3) is 0.667. The molecular formula is C6H14N4O3. The number of hydrogen-bond donors (Lipinski definition) is 4. The highest BCUT2D eigenvalue weighted by atomic mass is 16.5. The summed E-state index contributed by atoms with van der Waals surface area (Å²) in [6, 6.07) is 0. The van der Waals surface area contributed by atoms with Crippen LogP contribution in [0.15, 0.2) is 10.3 Å². The van der Waals surface area contributed by atoms with E-state index in [-0.39, 0.29) is 11.7 Å². The Morgan fingerprint density at radius 2 is 1.38 bits per heavy atom. The SMILES string of the molecule is NC(CCOCCC(N)=NO)=NO. The van der Waals surface area contributed by atoms with Gasteiger partial charge in [-0.25, -0.2) is 0 Å². The van der Waals surface area contributed by atoms with E-state index in [1.807, 2.05) is 0 Å². The number of rotatable bonds is 6. The third kappa shape index (κ3) is 6.88. The van der Waals surface area contributed by atoms with Crippen molar-refractivity contribution in [3.05, 3.63) is 0 Å². The zero-order chi connectivity index (χ0) is 10.1. The Morgan fingerprint density at radius 1 is 1.00 bits per heavy atom. The van der Waals surface area contributed by atoms with Gasteiger partial charge in [0.05, 0.1) is 13.2 Å². The van der Waals surface area contributed by atoms with Gasteiger partial charge < -0.3 is 26.6 Å². The highest BCUT2D eigenvalue weighted by molar-refractivity contribution is 5.80. The lowest BCUT2D eigenvalue weighted by Crippen LogP contribution is -2.17. The normalized spacial score (nSPS) is 13.2. The van der Waals surface area contributed by atoms with Gasteiger partial charge >= 0.3 is 0 Å². The van der Waals surface area contributed by atoms with E-state index in [4.69, 9.17) is 26.6 Å². The fourth-order valence-corrected chi connectivity index (χ4v) is 0.556. The van der Waals surface area contributed by atoms with Crippen molar-refractivity contribution in [2.24, 2.45) is 21.8 Å². The zero-order valence-corrected chi connectivity index (χ0v) is 7.18. The topological polar surface area (TPSA) is 126 Å². The summed E-state index contributed by atoms with van der Waals surface area (Å²) in [4.78, 5) is 0. The maximum atomic E-state index is 8.15. The molecule has 0 bridgehead atoms. The van der Waals surface area contributed by atoms with Crippen LogP contribution in [0.5, 0.6) is 0 Å². The maximum Gasteiger partial charge on any atom is 0.141 e. The highest BCUT2D eigenvalue weighted by Crippen LogP contribution is 1.86. The van der Waals surface area contributed by atoms with E-state index in [9.17, 15) is 0 Å². The van der Waals surface area contributed by atoms with Crippen LogP contribution in [0.25, 0.3) is 0 Å². The Kier molecular flexibility index (Phi) is 6.34. The molecule has 0 heterocycles. The van der Waals surface area contributed by atoms with E-state index in [0.717, 1.165) is 0 Å². The Hall–Kier alpha value is -1.50. The Labute approximate surface area is 75.6 Å². The van der Waals surface area contributed by atoms with Crippen molar-refractivity contribution in [1.82, 2.24) is 0 Å². The van der Waals surface area contributed by atoms with Crippen LogP contribution in [0.4, 0.5) is 0 Å². The van der Waals surface area contributed by atoms with Crippen LogP contribution in [-0.2, 0) is 4.74 Å². The van der Waals surface area contributed by atoms with Gasteiger partial charge in [-0.2, -0.15) is 0 Å². The van der Waals surface area contributed by atoms with E-state index in [1.54, 1.807) is 0 Å². The summed E-state index contributed by atoms with van der Waals surface area (Å²) in [6.45, 7) is 0.684. The Balaban J connectivity index is 3.27. The van der Waals surface area contributed by atoms with Gasteiger partial charge in [0.2, 0.25) is 0 Å². The molecule has 0 spiro atoms. The van der Waals surface area contributed by atoms with Gasteiger partial charge in [-0.15, -0.1) is 0 Å². The summed E-state index contributed by atoms with van der Waals surface area (Å²) < 4.78 is 5.03. The largest absolute Gasteiger partial charge is 0.409 e.